The largest absolute Gasteiger partial charge is 0.344 e. The van der Waals surface area contributed by atoms with Gasteiger partial charge in [-0.15, -0.1) is 12.3 Å². The summed E-state index contributed by atoms with van der Waals surface area (Å²) in [5.41, 5.74) is 0.958. The first-order valence-electron chi connectivity index (χ1n) is 8.50. The maximum Gasteiger partial charge on any atom is 0.243 e. The first kappa shape index (κ1) is 20.4. The van der Waals surface area contributed by atoms with Crippen molar-refractivity contribution in [2.24, 2.45) is 5.92 Å². The van der Waals surface area contributed by atoms with Gasteiger partial charge in [0, 0.05) is 12.8 Å². The molecule has 1 aromatic carbocycles. The van der Waals surface area contributed by atoms with Crippen LogP contribution in [0.1, 0.15) is 38.7 Å². The van der Waals surface area contributed by atoms with E-state index in [4.69, 9.17) is 6.42 Å². The normalized spacial score (nSPS) is 12.7. The van der Waals surface area contributed by atoms with Crippen molar-refractivity contribution in [3.8, 4) is 12.3 Å². The Bertz CT molecular complexity index is 605. The van der Waals surface area contributed by atoms with Gasteiger partial charge in [-0.2, -0.15) is 0 Å². The fourth-order valence-corrected chi connectivity index (χ4v) is 2.41. The number of terminal acetylenes is 1. The molecule has 0 aliphatic heterocycles. The van der Waals surface area contributed by atoms with Crippen molar-refractivity contribution in [2.45, 2.75) is 51.6 Å². The minimum Gasteiger partial charge on any atom is -0.344 e. The first-order chi connectivity index (χ1) is 12.0. The number of amides is 2. The lowest BCUT2D eigenvalue weighted by atomic mass is 10.0. The Hall–Kier alpha value is -2.61. The van der Waals surface area contributed by atoms with Gasteiger partial charge in [0.1, 0.15) is 12.3 Å². The van der Waals surface area contributed by atoms with Crippen molar-refractivity contribution in [1.82, 2.24) is 10.6 Å². The molecule has 2 N–H and O–H groups in total. The van der Waals surface area contributed by atoms with Crippen LogP contribution in [0, 0.1) is 18.3 Å². The maximum atomic E-state index is 12.5. The average molecular weight is 342 g/mol. The molecule has 0 heterocycles. The minimum atomic E-state index is -0.684. The highest BCUT2D eigenvalue weighted by Gasteiger charge is 2.25. The predicted octanol–water partition coefficient (Wildman–Crippen LogP) is 1.86. The molecule has 1 aromatic rings. The fraction of sp³-hybridized carbons (Fsp3) is 0.450. The molecule has 0 spiro atoms. The van der Waals surface area contributed by atoms with Crippen LogP contribution >= 0.6 is 0 Å². The van der Waals surface area contributed by atoms with Crippen LogP contribution in [-0.4, -0.2) is 30.2 Å². The summed E-state index contributed by atoms with van der Waals surface area (Å²) in [4.78, 5) is 35.8. The van der Waals surface area contributed by atoms with E-state index in [1.165, 1.54) is 0 Å². The number of nitrogens with one attached hydrogen (secondary N) is 2. The van der Waals surface area contributed by atoms with E-state index in [0.29, 0.717) is 19.3 Å². The molecule has 0 aliphatic carbocycles. The molecule has 2 atom stereocenters. The van der Waals surface area contributed by atoms with Gasteiger partial charge >= 0.3 is 0 Å². The van der Waals surface area contributed by atoms with E-state index in [1.807, 2.05) is 44.2 Å². The summed E-state index contributed by atoms with van der Waals surface area (Å²) in [5.74, 6) is 1.82. The van der Waals surface area contributed by atoms with Gasteiger partial charge in [0.2, 0.25) is 11.8 Å². The Morgan fingerprint density at radius 3 is 2.44 bits per heavy atom. The number of unbranched alkanes of at least 4 members (excludes halogenated alkanes) is 1. The van der Waals surface area contributed by atoms with Crippen molar-refractivity contribution in [2.75, 3.05) is 0 Å². The van der Waals surface area contributed by atoms with Gasteiger partial charge in [0.05, 0.1) is 6.04 Å². The quantitative estimate of drug-likeness (QED) is 0.387. The molecule has 2 amide bonds. The highest BCUT2D eigenvalue weighted by Crippen LogP contribution is 2.06. The third kappa shape index (κ3) is 7.67. The number of aldehydes is 1. The molecule has 0 saturated carbocycles. The molecular weight excluding hydrogens is 316 g/mol. The summed E-state index contributed by atoms with van der Waals surface area (Å²) in [6.07, 6.45) is 7.69. The van der Waals surface area contributed by atoms with E-state index in [-0.39, 0.29) is 24.2 Å². The summed E-state index contributed by atoms with van der Waals surface area (Å²) in [7, 11) is 0. The van der Waals surface area contributed by atoms with Crippen molar-refractivity contribution in [3.63, 3.8) is 0 Å². The van der Waals surface area contributed by atoms with E-state index in [2.05, 4.69) is 16.6 Å². The highest BCUT2D eigenvalue weighted by atomic mass is 16.2. The Morgan fingerprint density at radius 1 is 1.20 bits per heavy atom. The molecule has 0 saturated heterocycles. The van der Waals surface area contributed by atoms with Gasteiger partial charge < -0.3 is 15.4 Å². The summed E-state index contributed by atoms with van der Waals surface area (Å²) < 4.78 is 0. The van der Waals surface area contributed by atoms with E-state index >= 15 is 0 Å². The number of carbonyl (C=O) groups is 3. The second-order valence-electron chi connectivity index (χ2n) is 6.29. The molecule has 1 rings (SSSR count). The van der Waals surface area contributed by atoms with Crippen LogP contribution in [0.4, 0.5) is 0 Å². The van der Waals surface area contributed by atoms with Crippen LogP contribution in [0.5, 0.6) is 0 Å². The molecule has 0 aliphatic rings. The number of carbonyl (C=O) groups excluding carboxylic acids is 3. The Kier molecular flexibility index (Phi) is 9.02. The van der Waals surface area contributed by atoms with Gasteiger partial charge in [0.15, 0.2) is 0 Å². The molecule has 0 aromatic heterocycles. The topological polar surface area (TPSA) is 75.3 Å². The van der Waals surface area contributed by atoms with Gasteiger partial charge in [-0.05, 0) is 24.3 Å². The van der Waals surface area contributed by atoms with Gasteiger partial charge in [-0.3, -0.25) is 9.59 Å². The smallest absolute Gasteiger partial charge is 0.243 e. The molecule has 134 valence electrons. The van der Waals surface area contributed by atoms with Crippen LogP contribution in [0.25, 0.3) is 0 Å². The highest BCUT2D eigenvalue weighted by molar-refractivity contribution is 5.89. The average Bonchev–Trinajstić information content (AvgIpc) is 2.59. The third-order valence-electron chi connectivity index (χ3n) is 3.78. The van der Waals surface area contributed by atoms with Crippen molar-refractivity contribution >= 4 is 18.1 Å². The standard InChI is InChI=1S/C20H26N2O3/c1-4-5-7-12-18(24)22-19(15(2)3)20(25)21-17(14-23)13-16-10-8-6-9-11-16/h1,6,8-11,14-15,17,19H,5,7,12-13H2,2-3H3,(H,21,25)(H,22,24)/t17?,19-/m0/s1. The van der Waals surface area contributed by atoms with Crippen molar-refractivity contribution in [3.05, 3.63) is 35.9 Å². The van der Waals surface area contributed by atoms with Crippen LogP contribution in [-0.2, 0) is 20.8 Å². The Balaban J connectivity index is 2.63. The molecular formula is C20H26N2O3. The Labute approximate surface area is 149 Å². The molecule has 0 radical (unpaired) electrons. The van der Waals surface area contributed by atoms with E-state index in [0.717, 1.165) is 11.8 Å². The van der Waals surface area contributed by atoms with E-state index < -0.39 is 12.1 Å². The monoisotopic (exact) mass is 342 g/mol. The second-order valence-corrected chi connectivity index (χ2v) is 6.29. The van der Waals surface area contributed by atoms with Crippen molar-refractivity contribution in [1.29, 1.82) is 0 Å². The predicted molar refractivity (Wildman–Crippen MR) is 97.6 cm³/mol. The number of hydrogen-bond donors (Lipinski definition) is 2. The lowest BCUT2D eigenvalue weighted by Crippen LogP contribution is -2.52. The van der Waals surface area contributed by atoms with Crippen molar-refractivity contribution < 1.29 is 14.4 Å². The van der Waals surface area contributed by atoms with Gasteiger partial charge in [-0.1, -0.05) is 44.2 Å². The second kappa shape index (κ2) is 11.0. The Morgan fingerprint density at radius 2 is 1.88 bits per heavy atom. The molecule has 5 heteroatoms. The maximum absolute atomic E-state index is 12.5. The number of hydrogen-bond acceptors (Lipinski definition) is 3. The first-order valence-corrected chi connectivity index (χ1v) is 8.50. The van der Waals surface area contributed by atoms with Crippen LogP contribution in [0.15, 0.2) is 30.3 Å². The van der Waals surface area contributed by atoms with Crippen LogP contribution < -0.4 is 10.6 Å². The lowest BCUT2D eigenvalue weighted by Gasteiger charge is -2.23. The molecule has 0 bridgehead atoms. The zero-order valence-electron chi connectivity index (χ0n) is 14.8. The lowest BCUT2D eigenvalue weighted by molar-refractivity contribution is -0.131. The van der Waals surface area contributed by atoms with E-state index in [1.54, 1.807) is 0 Å². The van der Waals surface area contributed by atoms with E-state index in [9.17, 15) is 14.4 Å². The summed E-state index contributed by atoms with van der Waals surface area (Å²) in [6.45, 7) is 3.69. The zero-order valence-corrected chi connectivity index (χ0v) is 14.8. The summed E-state index contributed by atoms with van der Waals surface area (Å²) >= 11 is 0. The molecule has 25 heavy (non-hydrogen) atoms. The zero-order chi connectivity index (χ0) is 18.7. The summed E-state index contributed by atoms with van der Waals surface area (Å²) in [5, 5.41) is 5.45. The molecule has 1 unspecified atom stereocenters. The molecule has 5 nitrogen and oxygen atoms in total. The third-order valence-corrected chi connectivity index (χ3v) is 3.78. The van der Waals surface area contributed by atoms with Crippen LogP contribution in [0.2, 0.25) is 0 Å². The number of rotatable bonds is 10. The minimum absolute atomic E-state index is 0.0967. The SMILES string of the molecule is C#CCCCC(=O)N[C@H](C(=O)NC(C=O)Cc1ccccc1)C(C)C. The summed E-state index contributed by atoms with van der Waals surface area (Å²) in [6, 6.07) is 8.14. The number of benzene rings is 1. The fourth-order valence-electron chi connectivity index (χ4n) is 2.41. The van der Waals surface area contributed by atoms with Crippen LogP contribution in [0.3, 0.4) is 0 Å². The van der Waals surface area contributed by atoms with Gasteiger partial charge in [0.25, 0.3) is 0 Å². The van der Waals surface area contributed by atoms with Gasteiger partial charge in [-0.25, -0.2) is 0 Å². The molecule has 0 fully saturated rings.